The largest absolute Gasteiger partial charge is 0.355 e. The van der Waals surface area contributed by atoms with Crippen molar-refractivity contribution in [1.82, 2.24) is 5.32 Å². The highest BCUT2D eigenvalue weighted by molar-refractivity contribution is 8.38. The summed E-state index contributed by atoms with van der Waals surface area (Å²) in [6.07, 6.45) is 3.42. The molecule has 5 heteroatoms. The summed E-state index contributed by atoms with van der Waals surface area (Å²) in [6.45, 7) is 2.95. The minimum Gasteiger partial charge on any atom is -0.355 e. The first-order valence-electron chi connectivity index (χ1n) is 6.98. The van der Waals surface area contributed by atoms with Gasteiger partial charge in [0, 0.05) is 12.3 Å². The van der Waals surface area contributed by atoms with Gasteiger partial charge in [0.2, 0.25) is 5.91 Å². The average molecular weight is 308 g/mol. The third-order valence-corrected chi connectivity index (χ3v) is 5.23. The molecule has 0 radical (unpaired) electrons. The number of benzene rings is 1. The number of nitrogens with zero attached hydrogens (tertiary/aromatic N) is 1. The number of unbranched alkanes of at least 4 members (excludes halogenated alkanes) is 2. The van der Waals surface area contributed by atoms with Crippen molar-refractivity contribution in [2.75, 3.05) is 12.3 Å². The first kappa shape index (κ1) is 15.4. The number of hydrogen-bond acceptors (Lipinski definition) is 4. The molecule has 0 unspecified atom stereocenters. The first-order valence-corrected chi connectivity index (χ1v) is 8.95. The van der Waals surface area contributed by atoms with Gasteiger partial charge in [0.15, 0.2) is 0 Å². The standard InChI is InChI=1S/C15H20N2OS2/c1-2-3-6-9-16-14(18)11-20-15-17-13-8-5-4-7-12(13)10-19-15/h4-5,7-8H,2-3,6,9-11H2,1H3,(H,16,18). The van der Waals surface area contributed by atoms with Gasteiger partial charge in [-0.3, -0.25) is 4.79 Å². The highest BCUT2D eigenvalue weighted by Crippen LogP contribution is 2.34. The fourth-order valence-electron chi connectivity index (χ4n) is 1.87. The number of thioether (sulfide) groups is 2. The maximum Gasteiger partial charge on any atom is 0.230 e. The van der Waals surface area contributed by atoms with Crippen LogP contribution in [0.4, 0.5) is 5.69 Å². The van der Waals surface area contributed by atoms with Crippen LogP contribution in [0.25, 0.3) is 0 Å². The van der Waals surface area contributed by atoms with Gasteiger partial charge >= 0.3 is 0 Å². The molecule has 20 heavy (non-hydrogen) atoms. The van der Waals surface area contributed by atoms with E-state index in [1.807, 2.05) is 18.2 Å². The molecule has 1 aliphatic heterocycles. The second-order valence-corrected chi connectivity index (χ2v) is 6.83. The Morgan fingerprint density at radius 2 is 2.25 bits per heavy atom. The quantitative estimate of drug-likeness (QED) is 0.809. The molecule has 1 amide bonds. The minimum absolute atomic E-state index is 0.105. The van der Waals surface area contributed by atoms with Crippen LogP contribution in [0.2, 0.25) is 0 Å². The van der Waals surface area contributed by atoms with E-state index in [1.54, 1.807) is 11.8 Å². The van der Waals surface area contributed by atoms with Crippen molar-refractivity contribution in [3.63, 3.8) is 0 Å². The summed E-state index contributed by atoms with van der Waals surface area (Å²) in [6, 6.07) is 8.17. The molecule has 1 heterocycles. The van der Waals surface area contributed by atoms with E-state index in [4.69, 9.17) is 0 Å². The Balaban J connectivity index is 1.75. The number of carbonyl (C=O) groups is 1. The van der Waals surface area contributed by atoms with Crippen molar-refractivity contribution in [1.29, 1.82) is 0 Å². The number of hydrogen-bond donors (Lipinski definition) is 1. The first-order chi connectivity index (χ1) is 9.79. The Bertz CT molecular complexity index is 489. The van der Waals surface area contributed by atoms with E-state index in [2.05, 4.69) is 23.3 Å². The zero-order valence-corrected chi connectivity index (χ0v) is 13.4. The molecule has 108 valence electrons. The lowest BCUT2D eigenvalue weighted by molar-refractivity contribution is -0.118. The van der Waals surface area contributed by atoms with Gasteiger partial charge < -0.3 is 5.32 Å². The molecule has 0 spiro atoms. The summed E-state index contributed by atoms with van der Waals surface area (Å²) in [7, 11) is 0. The topological polar surface area (TPSA) is 41.5 Å². The third kappa shape index (κ3) is 4.87. The summed E-state index contributed by atoms with van der Waals surface area (Å²) in [5.41, 5.74) is 2.31. The summed E-state index contributed by atoms with van der Waals surface area (Å²) in [5, 5.41) is 2.95. The molecule has 0 fully saturated rings. The number of nitrogens with one attached hydrogen (secondary N) is 1. The Hall–Kier alpha value is -0.940. The lowest BCUT2D eigenvalue weighted by atomic mass is 10.2. The number of carbonyl (C=O) groups excluding carboxylic acids is 1. The zero-order chi connectivity index (χ0) is 14.2. The molecule has 1 aromatic rings. The van der Waals surface area contributed by atoms with Crippen LogP contribution in [0.3, 0.4) is 0 Å². The number of aliphatic imine (C=N–C) groups is 1. The maximum absolute atomic E-state index is 11.7. The van der Waals surface area contributed by atoms with Gasteiger partial charge in [-0.25, -0.2) is 4.99 Å². The Labute approximate surface area is 129 Å². The van der Waals surface area contributed by atoms with Crippen molar-refractivity contribution in [2.24, 2.45) is 4.99 Å². The Morgan fingerprint density at radius 3 is 3.10 bits per heavy atom. The van der Waals surface area contributed by atoms with Gasteiger partial charge in [-0.1, -0.05) is 61.5 Å². The number of rotatable bonds is 6. The van der Waals surface area contributed by atoms with Crippen LogP contribution in [0, 0.1) is 0 Å². The molecule has 0 aromatic heterocycles. The molecular weight excluding hydrogens is 288 g/mol. The number of para-hydroxylation sites is 1. The molecule has 2 rings (SSSR count). The van der Waals surface area contributed by atoms with Gasteiger partial charge in [0.25, 0.3) is 0 Å². The summed E-state index contributed by atoms with van der Waals surface area (Å²) >= 11 is 3.25. The number of amides is 1. The molecule has 1 aliphatic rings. The zero-order valence-electron chi connectivity index (χ0n) is 11.7. The highest BCUT2D eigenvalue weighted by atomic mass is 32.2. The molecule has 0 saturated heterocycles. The van der Waals surface area contributed by atoms with Crippen molar-refractivity contribution < 1.29 is 4.79 Å². The van der Waals surface area contributed by atoms with Gasteiger partial charge in [-0.2, -0.15) is 0 Å². The van der Waals surface area contributed by atoms with Crippen LogP contribution in [-0.4, -0.2) is 22.6 Å². The molecule has 1 N–H and O–H groups in total. The SMILES string of the molecule is CCCCCNC(=O)CSC1=Nc2ccccc2CS1. The predicted octanol–water partition coefficient (Wildman–Crippen LogP) is 3.96. The smallest absolute Gasteiger partial charge is 0.230 e. The van der Waals surface area contributed by atoms with Crippen LogP contribution >= 0.6 is 23.5 Å². The van der Waals surface area contributed by atoms with E-state index in [-0.39, 0.29) is 5.91 Å². The van der Waals surface area contributed by atoms with Gasteiger partial charge in [0.05, 0.1) is 11.4 Å². The van der Waals surface area contributed by atoms with Crippen LogP contribution in [0.5, 0.6) is 0 Å². The molecule has 0 aliphatic carbocycles. The Morgan fingerprint density at radius 1 is 1.40 bits per heavy atom. The van der Waals surface area contributed by atoms with Crippen molar-refractivity contribution >= 4 is 39.5 Å². The van der Waals surface area contributed by atoms with E-state index in [0.717, 1.165) is 28.8 Å². The summed E-state index contributed by atoms with van der Waals surface area (Å²) < 4.78 is 0.993. The molecule has 0 bridgehead atoms. The van der Waals surface area contributed by atoms with E-state index >= 15 is 0 Å². The fourth-order valence-corrected chi connectivity index (χ4v) is 3.76. The Kier molecular flexibility index (Phi) is 6.47. The fraction of sp³-hybridized carbons (Fsp3) is 0.467. The second-order valence-electron chi connectivity index (χ2n) is 4.64. The molecular formula is C15H20N2OS2. The van der Waals surface area contributed by atoms with E-state index in [1.165, 1.54) is 30.2 Å². The van der Waals surface area contributed by atoms with Crippen molar-refractivity contribution in [3.8, 4) is 0 Å². The lowest BCUT2D eigenvalue weighted by Crippen LogP contribution is -2.26. The normalized spacial score (nSPS) is 13.6. The van der Waals surface area contributed by atoms with Gasteiger partial charge in [-0.05, 0) is 18.1 Å². The molecule has 1 aromatic carbocycles. The van der Waals surface area contributed by atoms with E-state index in [9.17, 15) is 4.79 Å². The van der Waals surface area contributed by atoms with Crippen LogP contribution < -0.4 is 5.32 Å². The van der Waals surface area contributed by atoms with Gasteiger partial charge in [-0.15, -0.1) is 0 Å². The second kappa shape index (κ2) is 8.37. The maximum atomic E-state index is 11.7. The van der Waals surface area contributed by atoms with Crippen LogP contribution in [-0.2, 0) is 10.5 Å². The predicted molar refractivity (Wildman–Crippen MR) is 89.8 cm³/mol. The third-order valence-electron chi connectivity index (χ3n) is 2.98. The molecule has 3 nitrogen and oxygen atoms in total. The molecule has 0 saturated carbocycles. The monoisotopic (exact) mass is 308 g/mol. The summed E-state index contributed by atoms with van der Waals surface area (Å²) in [5.74, 6) is 1.51. The number of fused-ring (bicyclic) bond motifs is 1. The van der Waals surface area contributed by atoms with Crippen molar-refractivity contribution in [2.45, 2.75) is 31.9 Å². The molecule has 0 atom stereocenters. The van der Waals surface area contributed by atoms with E-state index < -0.39 is 0 Å². The minimum atomic E-state index is 0.105. The van der Waals surface area contributed by atoms with Crippen LogP contribution in [0.15, 0.2) is 29.3 Å². The van der Waals surface area contributed by atoms with E-state index in [0.29, 0.717) is 5.75 Å². The van der Waals surface area contributed by atoms with Crippen LogP contribution in [0.1, 0.15) is 31.7 Å². The average Bonchev–Trinajstić information content (AvgIpc) is 2.49. The summed E-state index contributed by atoms with van der Waals surface area (Å²) in [4.78, 5) is 16.3. The lowest BCUT2D eigenvalue weighted by Gasteiger charge is -2.14. The van der Waals surface area contributed by atoms with Gasteiger partial charge in [0.1, 0.15) is 4.38 Å². The van der Waals surface area contributed by atoms with Crippen molar-refractivity contribution in [3.05, 3.63) is 29.8 Å². The highest BCUT2D eigenvalue weighted by Gasteiger charge is 2.13.